The lowest BCUT2D eigenvalue weighted by atomic mass is 9.99. The van der Waals surface area contributed by atoms with Crippen molar-refractivity contribution in [3.8, 4) is 0 Å². The van der Waals surface area contributed by atoms with Crippen LogP contribution in [0.3, 0.4) is 0 Å². The highest BCUT2D eigenvalue weighted by atomic mass is 19.4. The van der Waals surface area contributed by atoms with Gasteiger partial charge in [0.2, 0.25) is 0 Å². The van der Waals surface area contributed by atoms with Crippen molar-refractivity contribution in [2.75, 3.05) is 6.61 Å². The summed E-state index contributed by atoms with van der Waals surface area (Å²) in [5, 5.41) is 12.3. The Morgan fingerprint density at radius 3 is 1.95 bits per heavy atom. The second-order valence-electron chi connectivity index (χ2n) is 4.45. The van der Waals surface area contributed by atoms with Gasteiger partial charge >= 0.3 is 12.4 Å². The Labute approximate surface area is 114 Å². The molecule has 1 N–H and O–H groups in total. The van der Waals surface area contributed by atoms with Gasteiger partial charge in [0.15, 0.2) is 6.10 Å². The molecule has 1 aliphatic heterocycles. The first-order chi connectivity index (χ1) is 9.61. The average molecular weight is 313 g/mol. The molecule has 1 unspecified atom stereocenters. The van der Waals surface area contributed by atoms with Crippen molar-refractivity contribution in [2.45, 2.75) is 24.9 Å². The van der Waals surface area contributed by atoms with Crippen LogP contribution in [0.15, 0.2) is 23.4 Å². The van der Waals surface area contributed by atoms with Crippen molar-refractivity contribution in [1.82, 2.24) is 0 Å². The number of aliphatic hydroxyl groups is 1. The van der Waals surface area contributed by atoms with E-state index in [1.54, 1.807) is 0 Å². The minimum atomic E-state index is -4.91. The number of halogens is 6. The van der Waals surface area contributed by atoms with Gasteiger partial charge in [-0.2, -0.15) is 26.3 Å². The lowest BCUT2D eigenvalue weighted by molar-refractivity contribution is -0.143. The van der Waals surface area contributed by atoms with Crippen LogP contribution in [0.2, 0.25) is 0 Å². The minimum Gasteiger partial charge on any atom is -0.392 e. The van der Waals surface area contributed by atoms with Crippen LogP contribution < -0.4 is 0 Å². The summed E-state index contributed by atoms with van der Waals surface area (Å²) in [5.74, 6) is 0. The first-order valence-electron chi connectivity index (χ1n) is 5.74. The fourth-order valence-corrected chi connectivity index (χ4v) is 1.82. The molecular formula is C12H9F6NO2. The zero-order valence-electron chi connectivity index (χ0n) is 10.3. The average Bonchev–Trinajstić information content (AvgIpc) is 2.85. The molecular weight excluding hydrogens is 304 g/mol. The smallest absolute Gasteiger partial charge is 0.392 e. The van der Waals surface area contributed by atoms with Gasteiger partial charge in [-0.25, -0.2) is 0 Å². The predicted octanol–water partition coefficient (Wildman–Crippen LogP) is 3.21. The summed E-state index contributed by atoms with van der Waals surface area (Å²) in [6, 6.07) is 1.21. The van der Waals surface area contributed by atoms with Crippen molar-refractivity contribution < 1.29 is 36.3 Å². The van der Waals surface area contributed by atoms with E-state index in [4.69, 9.17) is 9.94 Å². The van der Waals surface area contributed by atoms with Gasteiger partial charge in [-0.1, -0.05) is 5.16 Å². The third-order valence-electron chi connectivity index (χ3n) is 2.86. The molecule has 9 heteroatoms. The molecule has 1 aromatic rings. The largest absolute Gasteiger partial charge is 0.416 e. The normalized spacial score (nSPS) is 19.4. The Morgan fingerprint density at radius 2 is 1.57 bits per heavy atom. The Bertz CT molecular complexity index is 532. The molecule has 21 heavy (non-hydrogen) atoms. The van der Waals surface area contributed by atoms with Gasteiger partial charge in [0, 0.05) is 12.0 Å². The Kier molecular flexibility index (Phi) is 3.87. The lowest BCUT2D eigenvalue weighted by Gasteiger charge is -2.13. The van der Waals surface area contributed by atoms with Gasteiger partial charge in [0.1, 0.15) is 0 Å². The number of rotatable bonds is 2. The zero-order chi connectivity index (χ0) is 15.8. The molecule has 1 aromatic carbocycles. The topological polar surface area (TPSA) is 41.8 Å². The van der Waals surface area contributed by atoms with Crippen LogP contribution in [0.5, 0.6) is 0 Å². The van der Waals surface area contributed by atoms with E-state index in [9.17, 15) is 26.3 Å². The SMILES string of the molecule is OCC1CC(c2cc(C(F)(F)F)cc(C(F)(F)F)c2)=NO1. The second-order valence-corrected chi connectivity index (χ2v) is 4.45. The van der Waals surface area contributed by atoms with E-state index in [-0.39, 0.29) is 23.8 Å². The van der Waals surface area contributed by atoms with Crippen LogP contribution in [-0.4, -0.2) is 23.5 Å². The van der Waals surface area contributed by atoms with Crippen molar-refractivity contribution in [2.24, 2.45) is 5.16 Å². The maximum Gasteiger partial charge on any atom is 0.416 e. The summed E-state index contributed by atoms with van der Waals surface area (Å²) in [4.78, 5) is 4.70. The van der Waals surface area contributed by atoms with Crippen LogP contribution in [0.1, 0.15) is 23.1 Å². The monoisotopic (exact) mass is 313 g/mol. The lowest BCUT2D eigenvalue weighted by Crippen LogP contribution is -2.15. The van der Waals surface area contributed by atoms with Crippen molar-refractivity contribution in [3.05, 3.63) is 34.9 Å². The molecule has 0 fully saturated rings. The van der Waals surface area contributed by atoms with Crippen molar-refractivity contribution in [1.29, 1.82) is 0 Å². The van der Waals surface area contributed by atoms with E-state index in [2.05, 4.69) is 5.16 Å². The van der Waals surface area contributed by atoms with Crippen LogP contribution >= 0.6 is 0 Å². The van der Waals surface area contributed by atoms with Gasteiger partial charge in [-0.05, 0) is 18.2 Å². The molecule has 1 aliphatic rings. The van der Waals surface area contributed by atoms with E-state index in [0.29, 0.717) is 12.1 Å². The molecule has 0 amide bonds. The number of aliphatic hydroxyl groups excluding tert-OH is 1. The van der Waals surface area contributed by atoms with E-state index in [1.807, 2.05) is 0 Å². The van der Waals surface area contributed by atoms with E-state index >= 15 is 0 Å². The summed E-state index contributed by atoms with van der Waals surface area (Å²) < 4.78 is 76.1. The number of nitrogens with zero attached hydrogens (tertiary/aromatic N) is 1. The molecule has 0 saturated heterocycles. The number of hydrogen-bond donors (Lipinski definition) is 1. The molecule has 0 bridgehead atoms. The van der Waals surface area contributed by atoms with Crippen LogP contribution in [0.25, 0.3) is 0 Å². The fourth-order valence-electron chi connectivity index (χ4n) is 1.82. The number of benzene rings is 1. The first kappa shape index (κ1) is 15.6. The predicted molar refractivity (Wildman–Crippen MR) is 59.6 cm³/mol. The molecule has 0 aromatic heterocycles. The summed E-state index contributed by atoms with van der Waals surface area (Å²) in [6.07, 6.45) is -10.6. The number of hydrogen-bond acceptors (Lipinski definition) is 3. The highest BCUT2D eigenvalue weighted by molar-refractivity contribution is 6.01. The highest BCUT2D eigenvalue weighted by Crippen LogP contribution is 2.37. The maximum atomic E-state index is 12.7. The highest BCUT2D eigenvalue weighted by Gasteiger charge is 2.37. The van der Waals surface area contributed by atoms with Crippen molar-refractivity contribution >= 4 is 5.71 Å². The molecule has 3 nitrogen and oxygen atoms in total. The van der Waals surface area contributed by atoms with Gasteiger partial charge in [0.25, 0.3) is 0 Å². The third-order valence-corrected chi connectivity index (χ3v) is 2.86. The quantitative estimate of drug-likeness (QED) is 0.852. The van der Waals surface area contributed by atoms with Crippen LogP contribution in [0.4, 0.5) is 26.3 Å². The fraction of sp³-hybridized carbons (Fsp3) is 0.417. The van der Waals surface area contributed by atoms with Gasteiger partial charge in [-0.15, -0.1) is 0 Å². The van der Waals surface area contributed by atoms with Gasteiger partial charge < -0.3 is 9.94 Å². The molecule has 1 heterocycles. The van der Waals surface area contributed by atoms with E-state index in [1.165, 1.54) is 0 Å². The Hall–Kier alpha value is -1.77. The van der Waals surface area contributed by atoms with Crippen LogP contribution in [0, 0.1) is 0 Å². The van der Waals surface area contributed by atoms with Crippen LogP contribution in [-0.2, 0) is 17.2 Å². The molecule has 116 valence electrons. The first-order valence-corrected chi connectivity index (χ1v) is 5.74. The number of oxime groups is 1. The summed E-state index contributed by atoms with van der Waals surface area (Å²) in [7, 11) is 0. The van der Waals surface area contributed by atoms with E-state index in [0.717, 1.165) is 0 Å². The zero-order valence-corrected chi connectivity index (χ0v) is 10.3. The summed E-state index contributed by atoms with van der Waals surface area (Å²) in [5.41, 5.74) is -3.22. The third kappa shape index (κ3) is 3.46. The minimum absolute atomic E-state index is 0.0450. The molecule has 0 saturated carbocycles. The summed E-state index contributed by atoms with van der Waals surface area (Å²) in [6.45, 7) is -0.432. The molecule has 1 atom stereocenters. The van der Waals surface area contributed by atoms with Gasteiger partial charge in [0.05, 0.1) is 23.4 Å². The van der Waals surface area contributed by atoms with E-state index < -0.39 is 36.2 Å². The van der Waals surface area contributed by atoms with Gasteiger partial charge in [-0.3, -0.25) is 0 Å². The standard InChI is InChI=1S/C12H9F6NO2/c13-11(14,15)7-1-6(2-8(3-7)12(16,17)18)10-4-9(5-20)21-19-10/h1-3,9,20H,4-5H2. The molecule has 2 rings (SSSR count). The Morgan fingerprint density at radius 1 is 1.05 bits per heavy atom. The molecule has 0 radical (unpaired) electrons. The number of alkyl halides is 6. The second kappa shape index (κ2) is 5.21. The summed E-state index contributed by atoms with van der Waals surface area (Å²) >= 11 is 0. The molecule has 0 spiro atoms. The van der Waals surface area contributed by atoms with Crippen molar-refractivity contribution in [3.63, 3.8) is 0 Å². The maximum absolute atomic E-state index is 12.7. The Balaban J connectivity index is 2.47. The molecule has 0 aliphatic carbocycles.